The van der Waals surface area contributed by atoms with Gasteiger partial charge in [0, 0.05) is 35.7 Å². The maximum absolute atomic E-state index is 14.0. The molecule has 2 aromatic carbocycles. The van der Waals surface area contributed by atoms with Gasteiger partial charge in [-0.1, -0.05) is 6.07 Å². The summed E-state index contributed by atoms with van der Waals surface area (Å²) in [5.41, 5.74) is 9.11. The molecule has 1 fully saturated rings. The number of anilines is 3. The molecule has 0 saturated carbocycles. The van der Waals surface area contributed by atoms with Gasteiger partial charge in [0.15, 0.2) is 0 Å². The monoisotopic (exact) mass is 327 g/mol. The van der Waals surface area contributed by atoms with Crippen LogP contribution in [0.25, 0.3) is 0 Å². The van der Waals surface area contributed by atoms with Crippen LogP contribution in [0.5, 0.6) is 0 Å². The lowest BCUT2D eigenvalue weighted by Crippen LogP contribution is -2.29. The normalized spacial score (nSPS) is 14.5. The smallest absolute Gasteiger partial charge is 0.255 e. The summed E-state index contributed by atoms with van der Waals surface area (Å²) < 4.78 is 14.0. The molecule has 126 valence electrons. The first-order valence-electron chi connectivity index (χ1n) is 8.26. The molecule has 0 atom stereocenters. The Bertz CT molecular complexity index is 754. The molecule has 0 bridgehead atoms. The lowest BCUT2D eigenvalue weighted by Gasteiger charge is -2.29. The lowest BCUT2D eigenvalue weighted by molar-refractivity contribution is 0.102. The first-order chi connectivity index (χ1) is 11.5. The number of carbonyl (C=O) groups excluding carboxylic acids is 1. The van der Waals surface area contributed by atoms with Crippen LogP contribution >= 0.6 is 0 Å². The molecule has 1 aliphatic heterocycles. The number of piperidine rings is 1. The van der Waals surface area contributed by atoms with E-state index >= 15 is 0 Å². The number of nitrogens with two attached hydrogens (primary N) is 1. The standard InChI is InChI=1S/C19H22FN3O/c1-13-5-6-16(12-18(13)21)22-19(24)14-9-15(20)11-17(10-14)23-7-3-2-4-8-23/h5-6,9-12H,2-4,7-8,21H2,1H3,(H,22,24). The summed E-state index contributed by atoms with van der Waals surface area (Å²) in [6.07, 6.45) is 3.40. The van der Waals surface area contributed by atoms with Gasteiger partial charge >= 0.3 is 0 Å². The van der Waals surface area contributed by atoms with Crippen LogP contribution in [0, 0.1) is 12.7 Å². The zero-order valence-corrected chi connectivity index (χ0v) is 13.8. The van der Waals surface area contributed by atoms with Gasteiger partial charge in [-0.3, -0.25) is 4.79 Å². The van der Waals surface area contributed by atoms with E-state index in [1.165, 1.54) is 18.6 Å². The molecule has 1 amide bonds. The van der Waals surface area contributed by atoms with E-state index in [-0.39, 0.29) is 5.91 Å². The van der Waals surface area contributed by atoms with Crippen molar-refractivity contribution in [3.8, 4) is 0 Å². The average Bonchev–Trinajstić information content (AvgIpc) is 2.58. The predicted molar refractivity (Wildman–Crippen MR) is 96.0 cm³/mol. The van der Waals surface area contributed by atoms with Crippen LogP contribution in [-0.2, 0) is 0 Å². The van der Waals surface area contributed by atoms with Crippen molar-refractivity contribution >= 4 is 23.0 Å². The molecule has 1 heterocycles. The molecule has 4 nitrogen and oxygen atoms in total. The molecule has 0 aromatic heterocycles. The van der Waals surface area contributed by atoms with Crippen molar-refractivity contribution in [3.05, 3.63) is 53.3 Å². The van der Waals surface area contributed by atoms with E-state index < -0.39 is 5.82 Å². The summed E-state index contributed by atoms with van der Waals surface area (Å²) in [5.74, 6) is -0.734. The number of nitrogen functional groups attached to an aromatic ring is 1. The molecule has 1 saturated heterocycles. The minimum Gasteiger partial charge on any atom is -0.398 e. The summed E-state index contributed by atoms with van der Waals surface area (Å²) in [6.45, 7) is 3.70. The van der Waals surface area contributed by atoms with E-state index in [4.69, 9.17) is 5.73 Å². The number of halogens is 1. The van der Waals surface area contributed by atoms with Gasteiger partial charge in [-0.05, 0) is 62.1 Å². The molecule has 3 rings (SSSR count). The molecule has 5 heteroatoms. The molecule has 1 aliphatic rings. The van der Waals surface area contributed by atoms with Gasteiger partial charge in [0.1, 0.15) is 5.82 Å². The SMILES string of the molecule is Cc1ccc(NC(=O)c2cc(F)cc(N3CCCCC3)c2)cc1N. The number of carbonyl (C=O) groups is 1. The average molecular weight is 327 g/mol. The molecular weight excluding hydrogens is 305 g/mol. The van der Waals surface area contributed by atoms with Crippen LogP contribution in [-0.4, -0.2) is 19.0 Å². The van der Waals surface area contributed by atoms with Crippen LogP contribution in [0.1, 0.15) is 35.2 Å². The Hall–Kier alpha value is -2.56. The number of hydrogen-bond acceptors (Lipinski definition) is 3. The highest BCUT2D eigenvalue weighted by molar-refractivity contribution is 6.05. The first-order valence-corrected chi connectivity index (χ1v) is 8.26. The Kier molecular flexibility index (Phi) is 4.69. The minimum atomic E-state index is -0.397. The quantitative estimate of drug-likeness (QED) is 0.839. The summed E-state index contributed by atoms with van der Waals surface area (Å²) >= 11 is 0. The van der Waals surface area contributed by atoms with Crippen molar-refractivity contribution in [3.63, 3.8) is 0 Å². The Labute approximate surface area is 141 Å². The second kappa shape index (κ2) is 6.91. The molecule has 3 N–H and O–H groups in total. The first kappa shape index (κ1) is 16.3. The van der Waals surface area contributed by atoms with Crippen molar-refractivity contribution in [1.82, 2.24) is 0 Å². The van der Waals surface area contributed by atoms with E-state index in [0.29, 0.717) is 16.9 Å². The molecule has 0 spiro atoms. The fourth-order valence-corrected chi connectivity index (χ4v) is 2.96. The van der Waals surface area contributed by atoms with Crippen LogP contribution in [0.4, 0.5) is 21.5 Å². The number of nitrogens with one attached hydrogen (secondary N) is 1. The van der Waals surface area contributed by atoms with Gasteiger partial charge < -0.3 is 16.0 Å². The van der Waals surface area contributed by atoms with Crippen molar-refractivity contribution < 1.29 is 9.18 Å². The Morgan fingerprint density at radius 3 is 2.58 bits per heavy atom. The van der Waals surface area contributed by atoms with E-state index in [0.717, 1.165) is 37.2 Å². The highest BCUT2D eigenvalue weighted by Gasteiger charge is 2.15. The maximum Gasteiger partial charge on any atom is 0.255 e. The zero-order valence-electron chi connectivity index (χ0n) is 13.8. The van der Waals surface area contributed by atoms with Gasteiger partial charge in [0.2, 0.25) is 0 Å². The number of aryl methyl sites for hydroxylation is 1. The number of rotatable bonds is 3. The van der Waals surface area contributed by atoms with Gasteiger partial charge in [0.05, 0.1) is 0 Å². The fourth-order valence-electron chi connectivity index (χ4n) is 2.96. The Morgan fingerprint density at radius 2 is 1.88 bits per heavy atom. The minimum absolute atomic E-state index is 0.315. The lowest BCUT2D eigenvalue weighted by atomic mass is 10.1. The highest BCUT2D eigenvalue weighted by Crippen LogP contribution is 2.24. The van der Waals surface area contributed by atoms with Gasteiger partial charge in [-0.15, -0.1) is 0 Å². The van der Waals surface area contributed by atoms with E-state index in [1.807, 2.05) is 13.0 Å². The molecule has 2 aromatic rings. The summed E-state index contributed by atoms with van der Waals surface area (Å²) in [4.78, 5) is 14.6. The Balaban J connectivity index is 1.81. The third-order valence-corrected chi connectivity index (χ3v) is 4.40. The largest absolute Gasteiger partial charge is 0.398 e. The number of benzene rings is 2. The van der Waals surface area contributed by atoms with Gasteiger partial charge in [-0.25, -0.2) is 4.39 Å². The van der Waals surface area contributed by atoms with E-state index in [2.05, 4.69) is 10.2 Å². The second-order valence-electron chi connectivity index (χ2n) is 6.27. The second-order valence-corrected chi connectivity index (χ2v) is 6.27. The molecule has 24 heavy (non-hydrogen) atoms. The summed E-state index contributed by atoms with van der Waals surface area (Å²) in [5, 5.41) is 2.78. The number of amides is 1. The fraction of sp³-hybridized carbons (Fsp3) is 0.316. The summed E-state index contributed by atoms with van der Waals surface area (Å²) in [6, 6.07) is 9.84. The van der Waals surface area contributed by atoms with Crippen LogP contribution in [0.15, 0.2) is 36.4 Å². The molecule has 0 unspecified atom stereocenters. The molecule has 0 aliphatic carbocycles. The van der Waals surface area contributed by atoms with Crippen LogP contribution in [0.2, 0.25) is 0 Å². The topological polar surface area (TPSA) is 58.4 Å². The van der Waals surface area contributed by atoms with E-state index in [9.17, 15) is 9.18 Å². The number of hydrogen-bond donors (Lipinski definition) is 2. The highest BCUT2D eigenvalue weighted by atomic mass is 19.1. The molecular formula is C19H22FN3O. The van der Waals surface area contributed by atoms with Crippen LogP contribution < -0.4 is 16.0 Å². The summed E-state index contributed by atoms with van der Waals surface area (Å²) in [7, 11) is 0. The predicted octanol–water partition coefficient (Wildman–Crippen LogP) is 3.96. The van der Waals surface area contributed by atoms with Crippen molar-refractivity contribution in [2.24, 2.45) is 0 Å². The Morgan fingerprint density at radius 1 is 1.12 bits per heavy atom. The third kappa shape index (κ3) is 3.67. The molecule has 0 radical (unpaired) electrons. The zero-order chi connectivity index (χ0) is 17.1. The van der Waals surface area contributed by atoms with Crippen molar-refractivity contribution in [1.29, 1.82) is 0 Å². The third-order valence-electron chi connectivity index (χ3n) is 4.40. The van der Waals surface area contributed by atoms with Crippen molar-refractivity contribution in [2.75, 3.05) is 29.0 Å². The number of nitrogens with zero attached hydrogens (tertiary/aromatic N) is 1. The van der Waals surface area contributed by atoms with Crippen molar-refractivity contribution in [2.45, 2.75) is 26.2 Å². The van der Waals surface area contributed by atoms with Gasteiger partial charge in [-0.2, -0.15) is 0 Å². The van der Waals surface area contributed by atoms with Crippen LogP contribution in [0.3, 0.4) is 0 Å². The maximum atomic E-state index is 14.0. The van der Waals surface area contributed by atoms with Gasteiger partial charge in [0.25, 0.3) is 5.91 Å². The van der Waals surface area contributed by atoms with E-state index in [1.54, 1.807) is 18.2 Å².